The van der Waals surface area contributed by atoms with E-state index in [4.69, 9.17) is 0 Å². The molecule has 0 spiro atoms. The van der Waals surface area contributed by atoms with Gasteiger partial charge in [0.25, 0.3) is 0 Å². The minimum atomic E-state index is 0.130. The second-order valence-corrected chi connectivity index (χ2v) is 8.11. The first kappa shape index (κ1) is 16.5. The molecular formula is C21H24N2OS. The van der Waals surface area contributed by atoms with Crippen molar-refractivity contribution in [2.75, 3.05) is 10.8 Å². The topological polar surface area (TPSA) is 32.3 Å². The first-order valence-corrected chi connectivity index (χ1v) is 9.93. The van der Waals surface area contributed by atoms with Gasteiger partial charge in [-0.2, -0.15) is 0 Å². The van der Waals surface area contributed by atoms with Gasteiger partial charge in [0.15, 0.2) is 0 Å². The second-order valence-electron chi connectivity index (χ2n) is 7.05. The molecule has 1 heterocycles. The summed E-state index contributed by atoms with van der Waals surface area (Å²) in [5.41, 5.74) is 4.86. The van der Waals surface area contributed by atoms with Crippen molar-refractivity contribution in [3.05, 3.63) is 48.0 Å². The number of amides is 1. The third-order valence-electron chi connectivity index (χ3n) is 5.06. The molecule has 0 atom stereocenters. The third kappa shape index (κ3) is 3.54. The van der Waals surface area contributed by atoms with Gasteiger partial charge in [-0.1, -0.05) is 49.1 Å². The fourth-order valence-electron chi connectivity index (χ4n) is 3.79. The zero-order valence-electron chi connectivity index (χ0n) is 14.6. The van der Waals surface area contributed by atoms with Crippen molar-refractivity contribution in [3.8, 4) is 11.1 Å². The van der Waals surface area contributed by atoms with E-state index in [0.717, 1.165) is 18.5 Å². The van der Waals surface area contributed by atoms with E-state index in [2.05, 4.69) is 59.0 Å². The van der Waals surface area contributed by atoms with Crippen LogP contribution in [0.25, 0.3) is 11.1 Å². The summed E-state index contributed by atoms with van der Waals surface area (Å²) in [6.07, 6.45) is 6.02. The second kappa shape index (κ2) is 7.12. The molecule has 1 aliphatic heterocycles. The summed E-state index contributed by atoms with van der Waals surface area (Å²) in [4.78, 5) is 13.8. The summed E-state index contributed by atoms with van der Waals surface area (Å²) in [5.74, 6) is 0.130. The van der Waals surface area contributed by atoms with Crippen LogP contribution >= 0.6 is 11.9 Å². The Balaban J connectivity index is 1.56. The molecule has 4 rings (SSSR count). The monoisotopic (exact) mass is 352 g/mol. The number of anilines is 1. The van der Waals surface area contributed by atoms with Gasteiger partial charge in [0.2, 0.25) is 5.91 Å². The lowest BCUT2D eigenvalue weighted by Gasteiger charge is -2.32. The van der Waals surface area contributed by atoms with Gasteiger partial charge in [0.05, 0.1) is 5.69 Å². The molecule has 3 nitrogen and oxygen atoms in total. The van der Waals surface area contributed by atoms with E-state index in [1.807, 2.05) is 0 Å². The summed E-state index contributed by atoms with van der Waals surface area (Å²) in [6.45, 7) is 2.51. The number of rotatable bonds is 3. The Morgan fingerprint density at radius 1 is 1.12 bits per heavy atom. The number of carbonyl (C=O) groups excluding carboxylic acids is 1. The van der Waals surface area contributed by atoms with Crippen LogP contribution in [0.1, 0.15) is 37.7 Å². The van der Waals surface area contributed by atoms with Crippen LogP contribution in [0.3, 0.4) is 0 Å². The fourth-order valence-corrected chi connectivity index (χ4v) is 4.88. The minimum Gasteiger partial charge on any atom is -0.352 e. The van der Waals surface area contributed by atoms with Gasteiger partial charge in [0, 0.05) is 16.5 Å². The van der Waals surface area contributed by atoms with Crippen molar-refractivity contribution in [2.45, 2.75) is 50.0 Å². The molecule has 130 valence electrons. The van der Waals surface area contributed by atoms with Crippen molar-refractivity contribution >= 4 is 23.5 Å². The van der Waals surface area contributed by atoms with Crippen molar-refractivity contribution in [2.24, 2.45) is 0 Å². The molecule has 1 saturated carbocycles. The van der Waals surface area contributed by atoms with Gasteiger partial charge < -0.3 is 9.62 Å². The molecule has 1 amide bonds. The lowest BCUT2D eigenvalue weighted by atomic mass is 9.95. The third-order valence-corrected chi connectivity index (χ3v) is 6.16. The highest BCUT2D eigenvalue weighted by atomic mass is 32.2. The van der Waals surface area contributed by atoms with Gasteiger partial charge in [-0.05, 0) is 55.5 Å². The van der Waals surface area contributed by atoms with E-state index in [9.17, 15) is 4.79 Å². The molecule has 2 aromatic carbocycles. The zero-order chi connectivity index (χ0) is 17.2. The van der Waals surface area contributed by atoms with Gasteiger partial charge in [-0.15, -0.1) is 0 Å². The first-order chi connectivity index (χ1) is 12.2. The lowest BCUT2D eigenvalue weighted by molar-refractivity contribution is -0.120. The van der Waals surface area contributed by atoms with Crippen LogP contribution in [-0.4, -0.2) is 18.5 Å². The Morgan fingerprint density at radius 3 is 2.76 bits per heavy atom. The number of nitrogens with one attached hydrogen (secondary N) is 1. The fraction of sp³-hybridized carbons (Fsp3) is 0.381. The van der Waals surface area contributed by atoms with Crippen LogP contribution in [-0.2, 0) is 4.79 Å². The highest BCUT2D eigenvalue weighted by Gasteiger charge is 2.25. The Bertz CT molecular complexity index is 783. The number of nitrogens with zero attached hydrogens (tertiary/aromatic N) is 1. The molecule has 0 bridgehead atoms. The van der Waals surface area contributed by atoms with Crippen LogP contribution in [0.5, 0.6) is 0 Å². The van der Waals surface area contributed by atoms with Gasteiger partial charge >= 0.3 is 0 Å². The molecule has 2 aromatic rings. The quantitative estimate of drug-likeness (QED) is 0.794. The van der Waals surface area contributed by atoms with E-state index in [0.29, 0.717) is 12.6 Å². The van der Waals surface area contributed by atoms with E-state index >= 15 is 0 Å². The number of benzene rings is 2. The Morgan fingerprint density at radius 2 is 1.92 bits per heavy atom. The van der Waals surface area contributed by atoms with E-state index < -0.39 is 0 Å². The van der Waals surface area contributed by atoms with Crippen LogP contribution in [0.2, 0.25) is 0 Å². The molecule has 25 heavy (non-hydrogen) atoms. The molecule has 0 radical (unpaired) electrons. The summed E-state index contributed by atoms with van der Waals surface area (Å²) in [5, 5.41) is 3.24. The summed E-state index contributed by atoms with van der Waals surface area (Å²) >= 11 is 1.67. The Hall–Kier alpha value is -1.94. The van der Waals surface area contributed by atoms with E-state index in [1.165, 1.54) is 40.8 Å². The van der Waals surface area contributed by atoms with E-state index in [-0.39, 0.29) is 5.91 Å². The normalized spacial score (nSPS) is 16.9. The van der Waals surface area contributed by atoms with Crippen LogP contribution in [0.4, 0.5) is 5.69 Å². The van der Waals surface area contributed by atoms with Crippen molar-refractivity contribution < 1.29 is 4.79 Å². The minimum absolute atomic E-state index is 0.130. The average Bonchev–Trinajstić information content (AvgIpc) is 2.62. The molecule has 1 N–H and O–H groups in total. The average molecular weight is 353 g/mol. The van der Waals surface area contributed by atoms with Crippen LogP contribution < -0.4 is 9.62 Å². The smallest absolute Gasteiger partial charge is 0.240 e. The number of carbonyl (C=O) groups is 1. The number of hydrogen-bond donors (Lipinski definition) is 1. The zero-order valence-corrected chi connectivity index (χ0v) is 15.4. The maximum absolute atomic E-state index is 12.6. The first-order valence-electron chi connectivity index (χ1n) is 9.15. The Kier molecular flexibility index (Phi) is 4.71. The number of fused-ring (bicyclic) bond motifs is 3. The van der Waals surface area contributed by atoms with Crippen LogP contribution in [0, 0.1) is 6.92 Å². The van der Waals surface area contributed by atoms with Crippen molar-refractivity contribution in [1.29, 1.82) is 0 Å². The highest BCUT2D eigenvalue weighted by Crippen LogP contribution is 2.46. The van der Waals surface area contributed by atoms with E-state index in [1.54, 1.807) is 11.9 Å². The van der Waals surface area contributed by atoms with Gasteiger partial charge in [-0.25, -0.2) is 0 Å². The van der Waals surface area contributed by atoms with Crippen molar-refractivity contribution in [1.82, 2.24) is 5.32 Å². The Labute approximate surface area is 153 Å². The summed E-state index contributed by atoms with van der Waals surface area (Å²) in [7, 11) is 0. The largest absolute Gasteiger partial charge is 0.352 e. The maximum atomic E-state index is 12.6. The molecule has 2 aliphatic rings. The highest BCUT2D eigenvalue weighted by molar-refractivity contribution is 8.01. The summed E-state index contributed by atoms with van der Waals surface area (Å²) < 4.78 is 2.13. The molecule has 1 fully saturated rings. The molecular weight excluding hydrogens is 328 g/mol. The SMILES string of the molecule is Cc1ccc2c(c1)-c1ccccc1SN2CC(=O)NC1CCCCC1. The maximum Gasteiger partial charge on any atom is 0.240 e. The molecule has 1 aliphatic carbocycles. The molecule has 0 aromatic heterocycles. The summed E-state index contributed by atoms with van der Waals surface area (Å²) in [6, 6.07) is 15.3. The molecule has 0 unspecified atom stereocenters. The standard InChI is InChI=1S/C21H24N2OS/c1-15-11-12-19-18(13-15)17-9-5-6-10-20(17)25-23(19)14-21(24)22-16-7-3-2-4-8-16/h5-6,9-13,16H,2-4,7-8,14H2,1H3,(H,22,24). The van der Waals surface area contributed by atoms with Crippen molar-refractivity contribution in [3.63, 3.8) is 0 Å². The molecule has 0 saturated heterocycles. The predicted octanol–water partition coefficient (Wildman–Crippen LogP) is 4.94. The van der Waals surface area contributed by atoms with Gasteiger partial charge in [-0.3, -0.25) is 4.79 Å². The lowest BCUT2D eigenvalue weighted by Crippen LogP contribution is -2.41. The van der Waals surface area contributed by atoms with Crippen LogP contribution in [0.15, 0.2) is 47.4 Å². The molecule has 4 heteroatoms. The number of aryl methyl sites for hydroxylation is 1. The predicted molar refractivity (Wildman–Crippen MR) is 105 cm³/mol. The van der Waals surface area contributed by atoms with Gasteiger partial charge in [0.1, 0.15) is 6.54 Å². The number of hydrogen-bond acceptors (Lipinski definition) is 3.